The molecule has 6 fully saturated rings. The SMILES string of the molecule is Cl.NC/C=C(\F)CS(=O)(=O)c1cccc(C(=O)Nc2cc(C(=O)N3CCN(C(=O)CCCC[C@@H]4SC[C@@H]5NC(=O)N[C@@H]54)CC3)cc(C(=O)N3CCN(C(=O)CCCC[C@@H]4SC[C@@H]5NC(=O)N[C@@H]54)CC3)c2)c1. The number of sulfone groups is 1. The molecule has 6 aliphatic rings. The molecule has 0 saturated carbocycles. The Kier molecular flexibility index (Phi) is 18.2. The summed E-state index contributed by atoms with van der Waals surface area (Å²) in [6.45, 7) is 2.06. The molecule has 0 aromatic heterocycles. The van der Waals surface area contributed by atoms with Crippen LogP contribution in [-0.2, 0) is 19.4 Å². The lowest BCUT2D eigenvalue weighted by molar-refractivity contribution is -0.133. The van der Waals surface area contributed by atoms with E-state index in [-0.39, 0.29) is 120 Å². The lowest BCUT2D eigenvalue weighted by Crippen LogP contribution is -2.51. The van der Waals surface area contributed by atoms with Gasteiger partial charge in [-0.3, -0.25) is 24.0 Å². The number of carbonyl (C=O) groups excluding carboxylic acids is 7. The molecule has 386 valence electrons. The normalized spacial score (nSPS) is 24.0. The highest BCUT2D eigenvalue weighted by atomic mass is 35.5. The van der Waals surface area contributed by atoms with Crippen LogP contribution in [0.4, 0.5) is 19.7 Å². The molecular weight excluding hydrogens is 999 g/mol. The molecular formula is C47H62ClFN10O9S3. The van der Waals surface area contributed by atoms with E-state index in [0.717, 1.165) is 49.3 Å². The predicted octanol–water partition coefficient (Wildman–Crippen LogP) is 2.97. The average molecular weight is 1060 g/mol. The number of benzene rings is 2. The zero-order valence-corrected chi connectivity index (χ0v) is 42.5. The fraction of sp³-hybridized carbons (Fsp3) is 0.553. The fourth-order valence-corrected chi connectivity index (χ4v) is 14.3. The van der Waals surface area contributed by atoms with Crippen LogP contribution in [-0.4, -0.2) is 180 Å². The first kappa shape index (κ1) is 53.7. The lowest BCUT2D eigenvalue weighted by Gasteiger charge is -2.35. The maximum Gasteiger partial charge on any atom is 0.315 e. The molecule has 6 aliphatic heterocycles. The molecule has 24 heteroatoms. The third-order valence-electron chi connectivity index (χ3n) is 13.8. The summed E-state index contributed by atoms with van der Waals surface area (Å²) in [7, 11) is -4.17. The number of nitrogens with two attached hydrogens (primary N) is 1. The third-order valence-corrected chi connectivity index (χ3v) is 18.4. The van der Waals surface area contributed by atoms with Gasteiger partial charge in [0, 0.05) is 116 Å². The van der Waals surface area contributed by atoms with Crippen molar-refractivity contribution in [3.63, 3.8) is 0 Å². The first-order valence-corrected chi connectivity index (χ1v) is 27.8. The van der Waals surface area contributed by atoms with Crippen molar-refractivity contribution in [3.05, 3.63) is 71.1 Å². The molecule has 0 spiro atoms. The molecule has 19 nitrogen and oxygen atoms in total. The van der Waals surface area contributed by atoms with E-state index < -0.39 is 39.1 Å². The van der Waals surface area contributed by atoms with Crippen molar-refractivity contribution in [1.82, 2.24) is 40.9 Å². The Morgan fingerprint density at radius 1 is 0.676 bits per heavy atom. The molecule has 0 aliphatic carbocycles. The maximum atomic E-state index is 14.2. The van der Waals surface area contributed by atoms with Crippen LogP contribution in [0.2, 0.25) is 0 Å². The second kappa shape index (κ2) is 24.1. The van der Waals surface area contributed by atoms with Crippen molar-refractivity contribution in [2.45, 2.75) is 90.9 Å². The zero-order chi connectivity index (χ0) is 49.5. The minimum atomic E-state index is -4.17. The molecule has 9 amide bonds. The van der Waals surface area contributed by atoms with Gasteiger partial charge in [-0.05, 0) is 68.2 Å². The van der Waals surface area contributed by atoms with Gasteiger partial charge in [-0.25, -0.2) is 22.4 Å². The first-order chi connectivity index (χ1) is 33.6. The number of amides is 9. The van der Waals surface area contributed by atoms with Crippen LogP contribution in [0.15, 0.2) is 59.3 Å². The summed E-state index contributed by atoms with van der Waals surface area (Å²) < 4.78 is 40.2. The molecule has 71 heavy (non-hydrogen) atoms. The molecule has 8 rings (SSSR count). The van der Waals surface area contributed by atoms with Crippen LogP contribution in [0, 0.1) is 0 Å². The van der Waals surface area contributed by atoms with Gasteiger partial charge >= 0.3 is 12.1 Å². The van der Waals surface area contributed by atoms with E-state index in [0.29, 0.717) is 62.4 Å². The second-order valence-electron chi connectivity index (χ2n) is 18.5. The van der Waals surface area contributed by atoms with Crippen molar-refractivity contribution in [2.24, 2.45) is 5.73 Å². The van der Waals surface area contributed by atoms with Crippen LogP contribution >= 0.6 is 35.9 Å². The number of urea groups is 2. The van der Waals surface area contributed by atoms with Crippen molar-refractivity contribution in [1.29, 1.82) is 0 Å². The minimum Gasteiger partial charge on any atom is -0.339 e. The van der Waals surface area contributed by atoms with Gasteiger partial charge in [0.05, 0.1) is 29.1 Å². The highest BCUT2D eigenvalue weighted by molar-refractivity contribution is 8.00. The highest BCUT2D eigenvalue weighted by Gasteiger charge is 2.44. The van der Waals surface area contributed by atoms with Crippen molar-refractivity contribution in [3.8, 4) is 0 Å². The minimum absolute atomic E-state index is 0. The predicted molar refractivity (Wildman–Crippen MR) is 271 cm³/mol. The van der Waals surface area contributed by atoms with E-state index in [2.05, 4.69) is 26.6 Å². The van der Waals surface area contributed by atoms with Gasteiger partial charge in [-0.15, -0.1) is 12.4 Å². The van der Waals surface area contributed by atoms with Gasteiger partial charge in [0.15, 0.2) is 9.84 Å². The first-order valence-electron chi connectivity index (χ1n) is 24.0. The number of carbonyl (C=O) groups is 7. The number of anilines is 1. The summed E-state index contributed by atoms with van der Waals surface area (Å²) in [6, 6.07) is 9.76. The van der Waals surface area contributed by atoms with Gasteiger partial charge in [0.2, 0.25) is 11.8 Å². The Morgan fingerprint density at radius 3 is 1.63 bits per heavy atom. The molecule has 0 bridgehead atoms. The van der Waals surface area contributed by atoms with Crippen molar-refractivity contribution < 1.29 is 46.4 Å². The summed E-state index contributed by atoms with van der Waals surface area (Å²) in [6.07, 6.45) is 6.62. The zero-order valence-electron chi connectivity index (χ0n) is 39.3. The number of hydrogen-bond donors (Lipinski definition) is 6. The third kappa shape index (κ3) is 13.3. The van der Waals surface area contributed by atoms with Gasteiger partial charge in [0.1, 0.15) is 11.6 Å². The summed E-state index contributed by atoms with van der Waals surface area (Å²) >= 11 is 3.68. The largest absolute Gasteiger partial charge is 0.339 e. The molecule has 6 heterocycles. The van der Waals surface area contributed by atoms with E-state index >= 15 is 0 Å². The summed E-state index contributed by atoms with van der Waals surface area (Å²) in [4.78, 5) is 98.4. The summed E-state index contributed by atoms with van der Waals surface area (Å²) in [5, 5.41) is 15.2. The van der Waals surface area contributed by atoms with Gasteiger partial charge in [0.25, 0.3) is 17.7 Å². The monoisotopic (exact) mass is 1060 g/mol. The summed E-state index contributed by atoms with van der Waals surface area (Å²) in [5.41, 5.74) is 5.61. The number of nitrogens with zero attached hydrogens (tertiary/aromatic N) is 4. The Labute approximate surface area is 427 Å². The van der Waals surface area contributed by atoms with Gasteiger partial charge < -0.3 is 51.9 Å². The van der Waals surface area contributed by atoms with Crippen molar-refractivity contribution in [2.75, 3.05) is 81.5 Å². The lowest BCUT2D eigenvalue weighted by atomic mass is 10.0. The number of unbranched alkanes of at least 4 members (excludes halogenated alkanes) is 2. The number of nitrogens with one attached hydrogen (secondary N) is 5. The number of thioether (sulfide) groups is 2. The van der Waals surface area contributed by atoms with Crippen LogP contribution in [0.1, 0.15) is 82.4 Å². The molecule has 6 saturated heterocycles. The number of hydrogen-bond acceptors (Lipinski definition) is 12. The Morgan fingerprint density at radius 2 is 1.15 bits per heavy atom. The molecule has 0 radical (unpaired) electrons. The van der Waals surface area contributed by atoms with E-state index in [1.54, 1.807) is 19.6 Å². The van der Waals surface area contributed by atoms with Crippen LogP contribution in [0.5, 0.6) is 0 Å². The van der Waals surface area contributed by atoms with Crippen LogP contribution in [0.3, 0.4) is 0 Å². The van der Waals surface area contributed by atoms with E-state index in [1.807, 2.05) is 23.5 Å². The van der Waals surface area contributed by atoms with Gasteiger partial charge in [-0.1, -0.05) is 18.9 Å². The number of rotatable bonds is 18. The van der Waals surface area contributed by atoms with E-state index in [9.17, 15) is 46.4 Å². The second-order valence-corrected chi connectivity index (χ2v) is 23.0. The molecule has 7 N–H and O–H groups in total. The van der Waals surface area contributed by atoms with E-state index in [1.165, 1.54) is 36.4 Å². The topological polar surface area (TPSA) is 253 Å². The van der Waals surface area contributed by atoms with Crippen LogP contribution in [0.25, 0.3) is 0 Å². The molecule has 2 aromatic carbocycles. The number of halogens is 2. The Balaban J connectivity index is 0.00000741. The average Bonchev–Trinajstić information content (AvgIpc) is 4.12. The molecule has 6 atom stereocenters. The highest BCUT2D eigenvalue weighted by Crippen LogP contribution is 2.34. The van der Waals surface area contributed by atoms with E-state index in [4.69, 9.17) is 5.73 Å². The van der Waals surface area contributed by atoms with Gasteiger partial charge in [-0.2, -0.15) is 23.5 Å². The fourth-order valence-electron chi connectivity index (χ4n) is 9.96. The Bertz CT molecular complexity index is 2380. The smallest absolute Gasteiger partial charge is 0.315 e. The number of piperazine rings is 2. The number of fused-ring (bicyclic) bond motifs is 2. The maximum absolute atomic E-state index is 14.2. The van der Waals surface area contributed by atoms with Crippen LogP contribution < -0.4 is 32.3 Å². The Hall–Kier alpha value is -5.10. The molecule has 2 aromatic rings. The van der Waals surface area contributed by atoms with Crippen molar-refractivity contribution >= 4 is 93.1 Å². The quantitative estimate of drug-likeness (QED) is 0.0932. The summed E-state index contributed by atoms with van der Waals surface area (Å²) in [5.74, 6) is -1.66. The standard InChI is InChI=1S/C47H61FN10O9S3.ClH/c48-32(12-13-49)28-70(66,67)34-7-5-6-29(25-34)43(61)50-33-23-30(44(62)57-18-14-55(15-19-57)39(59)10-3-1-8-37-41-35(26-68-37)51-46(64)53-41)22-31(24-33)45(63)58-20-16-56(17-21-58)40(60)11-4-2-9-38-42-36(27-69-38)52-47(65)54-42;/h5-7,12,22-25,35-38,41-42H,1-4,8-11,13-21,26-28,49H2,(H,50,61)(H2,51,53,64)(H2,52,54,65);1H/b32-12-;/t35-,36-,37-,38-,41-,42-;/m0./s1. The molecule has 0 unspecified atom stereocenters.